The van der Waals surface area contributed by atoms with Crippen molar-refractivity contribution in [3.8, 4) is 0 Å². The van der Waals surface area contributed by atoms with Crippen molar-refractivity contribution in [2.45, 2.75) is 0 Å². The number of aromatic amines is 1. The molecular weight excluding hydrogens is 272 g/mol. The first kappa shape index (κ1) is 12.9. The minimum atomic E-state index is -1.16. The van der Waals surface area contributed by atoms with E-state index >= 15 is 0 Å². The lowest BCUT2D eigenvalue weighted by Crippen LogP contribution is -2.19. The summed E-state index contributed by atoms with van der Waals surface area (Å²) in [6, 6.07) is 7.27. The Hall–Kier alpha value is -2.54. The van der Waals surface area contributed by atoms with Gasteiger partial charge >= 0.3 is 12.0 Å². The summed E-state index contributed by atoms with van der Waals surface area (Å²) in [6.07, 6.45) is 0. The molecule has 2 aromatic rings. The van der Waals surface area contributed by atoms with Crippen LogP contribution in [0.25, 0.3) is 0 Å². The fourth-order valence-electron chi connectivity index (χ4n) is 1.34. The summed E-state index contributed by atoms with van der Waals surface area (Å²) < 4.78 is 0. The second-order valence-corrected chi connectivity index (χ2v) is 4.00. The number of urea groups is 1. The van der Waals surface area contributed by atoms with Crippen LogP contribution in [0.2, 0.25) is 5.02 Å². The number of carbonyl (C=O) groups is 2. The molecule has 0 aliphatic heterocycles. The molecule has 0 atom stereocenters. The number of amides is 2. The molecule has 1 heterocycles. The lowest BCUT2D eigenvalue weighted by molar-refractivity contribution is 0.0690. The molecule has 8 heteroatoms. The van der Waals surface area contributed by atoms with E-state index in [1.165, 1.54) is 6.07 Å². The van der Waals surface area contributed by atoms with Gasteiger partial charge in [0.15, 0.2) is 5.82 Å². The van der Waals surface area contributed by atoms with Crippen molar-refractivity contribution >= 4 is 35.1 Å². The van der Waals surface area contributed by atoms with E-state index < -0.39 is 12.0 Å². The van der Waals surface area contributed by atoms with Gasteiger partial charge in [0, 0.05) is 16.8 Å². The largest absolute Gasteiger partial charge is 0.477 e. The molecule has 19 heavy (non-hydrogen) atoms. The van der Waals surface area contributed by atoms with Gasteiger partial charge in [0.2, 0.25) is 0 Å². The molecule has 0 bridgehead atoms. The Morgan fingerprint density at radius 2 is 2.05 bits per heavy atom. The number of nitrogens with zero attached hydrogens (tertiary/aromatic N) is 1. The fourth-order valence-corrected chi connectivity index (χ4v) is 1.53. The summed E-state index contributed by atoms with van der Waals surface area (Å²) in [5, 5.41) is 20.0. The number of carboxylic acid groups (broad SMARTS) is 1. The molecule has 0 fully saturated rings. The Balaban J connectivity index is 1.99. The monoisotopic (exact) mass is 280 g/mol. The van der Waals surface area contributed by atoms with Crippen molar-refractivity contribution in [1.82, 2.24) is 10.2 Å². The van der Waals surface area contributed by atoms with Gasteiger partial charge in [0.05, 0.1) is 0 Å². The van der Waals surface area contributed by atoms with E-state index in [0.717, 1.165) is 0 Å². The van der Waals surface area contributed by atoms with Crippen LogP contribution in [0.1, 0.15) is 10.5 Å². The van der Waals surface area contributed by atoms with Crippen LogP contribution in [0.4, 0.5) is 16.3 Å². The summed E-state index contributed by atoms with van der Waals surface area (Å²) in [5.74, 6) is -1.05. The third-order valence-corrected chi connectivity index (χ3v) is 2.37. The highest BCUT2D eigenvalue weighted by molar-refractivity contribution is 6.30. The number of halogens is 1. The van der Waals surface area contributed by atoms with Crippen LogP contribution < -0.4 is 10.6 Å². The van der Waals surface area contributed by atoms with E-state index in [4.69, 9.17) is 16.7 Å². The molecule has 0 aliphatic rings. The number of nitrogens with one attached hydrogen (secondary N) is 3. The maximum Gasteiger partial charge on any atom is 0.353 e. The number of aromatic nitrogens is 2. The number of H-pyrrole nitrogens is 1. The smallest absolute Gasteiger partial charge is 0.353 e. The van der Waals surface area contributed by atoms with Crippen LogP contribution in [0.15, 0.2) is 30.3 Å². The lowest BCUT2D eigenvalue weighted by atomic mass is 10.3. The quantitative estimate of drug-likeness (QED) is 0.692. The normalized spacial score (nSPS) is 9.95. The highest BCUT2D eigenvalue weighted by atomic mass is 35.5. The third-order valence-electron chi connectivity index (χ3n) is 2.13. The van der Waals surface area contributed by atoms with Crippen LogP contribution >= 0.6 is 11.6 Å². The van der Waals surface area contributed by atoms with Gasteiger partial charge in [0.25, 0.3) is 0 Å². The predicted molar refractivity (Wildman–Crippen MR) is 69.6 cm³/mol. The molecule has 0 saturated carbocycles. The number of hydrogen-bond acceptors (Lipinski definition) is 3. The fraction of sp³-hybridized carbons (Fsp3) is 0. The lowest BCUT2D eigenvalue weighted by Gasteiger charge is -2.05. The number of aromatic carboxylic acids is 1. The number of hydrogen-bond donors (Lipinski definition) is 4. The van der Waals surface area contributed by atoms with Crippen molar-refractivity contribution in [2.75, 3.05) is 10.6 Å². The van der Waals surface area contributed by atoms with E-state index in [2.05, 4.69) is 20.8 Å². The molecule has 2 rings (SSSR count). The number of rotatable bonds is 3. The van der Waals surface area contributed by atoms with Crippen molar-refractivity contribution in [2.24, 2.45) is 0 Å². The van der Waals surface area contributed by atoms with Gasteiger partial charge in [-0.1, -0.05) is 17.7 Å². The molecule has 0 radical (unpaired) electrons. The maximum atomic E-state index is 11.6. The molecule has 7 nitrogen and oxygen atoms in total. The minimum absolute atomic E-state index is 0.108. The molecule has 0 spiro atoms. The second kappa shape index (κ2) is 5.40. The van der Waals surface area contributed by atoms with Crippen molar-refractivity contribution < 1.29 is 14.7 Å². The van der Waals surface area contributed by atoms with Crippen molar-refractivity contribution in [3.63, 3.8) is 0 Å². The molecule has 4 N–H and O–H groups in total. The van der Waals surface area contributed by atoms with E-state index in [1.54, 1.807) is 24.3 Å². The standard InChI is InChI=1S/C11H9ClN4O3/c12-6-2-1-3-7(4-6)13-11(19)14-9-5-8(10(17)18)15-16-9/h1-5H,(H,17,18)(H3,13,14,15,16,19). The molecule has 0 aliphatic carbocycles. The molecule has 2 amide bonds. The molecular formula is C11H9ClN4O3. The van der Waals surface area contributed by atoms with E-state index in [9.17, 15) is 9.59 Å². The highest BCUT2D eigenvalue weighted by Crippen LogP contribution is 2.15. The summed E-state index contributed by atoms with van der Waals surface area (Å²) in [6.45, 7) is 0. The Kier molecular flexibility index (Phi) is 3.67. The minimum Gasteiger partial charge on any atom is -0.477 e. The second-order valence-electron chi connectivity index (χ2n) is 3.56. The number of benzene rings is 1. The molecule has 0 unspecified atom stereocenters. The van der Waals surface area contributed by atoms with Crippen LogP contribution in [-0.2, 0) is 0 Å². The summed E-state index contributed by atoms with van der Waals surface area (Å²) >= 11 is 5.77. The number of carboxylic acids is 1. The Bertz CT molecular complexity index is 626. The van der Waals surface area contributed by atoms with E-state index in [-0.39, 0.29) is 11.5 Å². The topological polar surface area (TPSA) is 107 Å². The molecule has 1 aromatic carbocycles. The molecule has 1 aromatic heterocycles. The van der Waals surface area contributed by atoms with Gasteiger partial charge in [-0.2, -0.15) is 5.10 Å². The highest BCUT2D eigenvalue weighted by Gasteiger charge is 2.10. The zero-order valence-corrected chi connectivity index (χ0v) is 10.2. The average molecular weight is 281 g/mol. The summed E-state index contributed by atoms with van der Waals surface area (Å²) in [4.78, 5) is 22.2. The Labute approximate surface area is 112 Å². The van der Waals surface area contributed by atoms with Crippen LogP contribution in [-0.4, -0.2) is 27.3 Å². The number of carbonyl (C=O) groups excluding carboxylic acids is 1. The van der Waals surface area contributed by atoms with E-state index in [1.807, 2.05) is 0 Å². The molecule has 0 saturated heterocycles. The maximum absolute atomic E-state index is 11.6. The number of anilines is 2. The van der Waals surface area contributed by atoms with Crippen LogP contribution in [0.3, 0.4) is 0 Å². The SMILES string of the molecule is O=C(Nc1cccc(Cl)c1)Nc1cc(C(=O)O)[nH]n1. The van der Waals surface area contributed by atoms with Crippen molar-refractivity contribution in [3.05, 3.63) is 41.0 Å². The van der Waals surface area contributed by atoms with Gasteiger partial charge in [-0.3, -0.25) is 10.4 Å². The predicted octanol–water partition coefficient (Wildman–Crippen LogP) is 2.41. The van der Waals surface area contributed by atoms with Gasteiger partial charge < -0.3 is 10.4 Å². The molecule has 98 valence electrons. The van der Waals surface area contributed by atoms with Crippen molar-refractivity contribution in [1.29, 1.82) is 0 Å². The van der Waals surface area contributed by atoms with E-state index in [0.29, 0.717) is 10.7 Å². The Morgan fingerprint density at radius 3 is 2.68 bits per heavy atom. The van der Waals surface area contributed by atoms with Crippen LogP contribution in [0.5, 0.6) is 0 Å². The summed E-state index contributed by atoms with van der Waals surface area (Å²) in [7, 11) is 0. The van der Waals surface area contributed by atoms with Gasteiger partial charge in [0.1, 0.15) is 5.69 Å². The zero-order valence-electron chi connectivity index (χ0n) is 9.48. The van der Waals surface area contributed by atoms with Gasteiger partial charge in [-0.25, -0.2) is 9.59 Å². The first-order valence-corrected chi connectivity index (χ1v) is 5.54. The first-order valence-electron chi connectivity index (χ1n) is 5.17. The van der Waals surface area contributed by atoms with Crippen LogP contribution in [0, 0.1) is 0 Å². The average Bonchev–Trinajstić information content (AvgIpc) is 2.77. The van der Waals surface area contributed by atoms with Gasteiger partial charge in [-0.05, 0) is 18.2 Å². The van der Waals surface area contributed by atoms with Gasteiger partial charge in [-0.15, -0.1) is 0 Å². The summed E-state index contributed by atoms with van der Waals surface area (Å²) in [5.41, 5.74) is 0.400. The Morgan fingerprint density at radius 1 is 1.26 bits per heavy atom. The first-order chi connectivity index (χ1) is 9.04. The third kappa shape index (κ3) is 3.46. The zero-order chi connectivity index (χ0) is 13.8.